The van der Waals surface area contributed by atoms with Crippen molar-refractivity contribution < 1.29 is 0 Å². The summed E-state index contributed by atoms with van der Waals surface area (Å²) in [5.74, 6) is 0. The molecule has 0 N–H and O–H groups in total. The van der Waals surface area contributed by atoms with E-state index in [0.29, 0.717) is 0 Å². The summed E-state index contributed by atoms with van der Waals surface area (Å²) in [5, 5.41) is 0. The molecule has 1 aromatic rings. The van der Waals surface area contributed by atoms with Gasteiger partial charge in [0.15, 0.2) is 0 Å². The molecular formula is C14H20. The quantitative estimate of drug-likeness (QED) is 0.640. The molecule has 0 aliphatic rings. The molecule has 1 rings (SSSR count). The second-order valence-electron chi connectivity index (χ2n) is 3.80. The van der Waals surface area contributed by atoms with Gasteiger partial charge in [-0.1, -0.05) is 57.5 Å². The van der Waals surface area contributed by atoms with Crippen LogP contribution in [0, 0.1) is 0 Å². The highest BCUT2D eigenvalue weighted by Crippen LogP contribution is 2.18. The normalized spacial score (nSPS) is 10.1. The molecule has 0 saturated heterocycles. The molecule has 14 heavy (non-hydrogen) atoms. The van der Waals surface area contributed by atoms with Gasteiger partial charge in [-0.25, -0.2) is 0 Å². The number of allylic oxidation sites excluding steroid dienone is 1. The first-order valence-corrected chi connectivity index (χ1v) is 5.55. The summed E-state index contributed by atoms with van der Waals surface area (Å²) in [7, 11) is 0. The summed E-state index contributed by atoms with van der Waals surface area (Å²) in [6.07, 6.45) is 4.68. The molecule has 1 aromatic carbocycles. The summed E-state index contributed by atoms with van der Waals surface area (Å²) in [6.45, 7) is 8.49. The summed E-state index contributed by atoms with van der Waals surface area (Å²) < 4.78 is 0. The van der Waals surface area contributed by atoms with Crippen molar-refractivity contribution in [3.05, 3.63) is 42.0 Å². The zero-order chi connectivity index (χ0) is 10.4. The second kappa shape index (κ2) is 5.64. The topological polar surface area (TPSA) is 0 Å². The van der Waals surface area contributed by atoms with Crippen LogP contribution in [0.2, 0.25) is 0 Å². The maximum atomic E-state index is 4.09. The van der Waals surface area contributed by atoms with Crippen LogP contribution in [0.25, 0.3) is 5.57 Å². The van der Waals surface area contributed by atoms with Crippen molar-refractivity contribution in [2.45, 2.75) is 39.5 Å². The van der Waals surface area contributed by atoms with E-state index in [9.17, 15) is 0 Å². The third-order valence-electron chi connectivity index (χ3n) is 2.45. The largest absolute Gasteiger partial charge is 0.0952 e. The number of hydrogen-bond donors (Lipinski definition) is 0. The van der Waals surface area contributed by atoms with Crippen LogP contribution >= 0.6 is 0 Å². The third kappa shape index (κ3) is 3.02. The summed E-state index contributed by atoms with van der Waals surface area (Å²) in [5.41, 5.74) is 3.99. The van der Waals surface area contributed by atoms with Gasteiger partial charge in [0.05, 0.1) is 0 Å². The highest BCUT2D eigenvalue weighted by Gasteiger charge is 1.97. The van der Waals surface area contributed by atoms with Crippen LogP contribution in [-0.4, -0.2) is 0 Å². The van der Waals surface area contributed by atoms with Gasteiger partial charge in [-0.2, -0.15) is 0 Å². The van der Waals surface area contributed by atoms with E-state index in [2.05, 4.69) is 44.7 Å². The number of aryl methyl sites for hydroxylation is 1. The fourth-order valence-electron chi connectivity index (χ4n) is 1.64. The Balaban J connectivity index is 2.67. The Hall–Kier alpha value is -1.04. The lowest BCUT2D eigenvalue weighted by molar-refractivity contribution is 0.921. The lowest BCUT2D eigenvalue weighted by Gasteiger charge is -2.05. The zero-order valence-electron chi connectivity index (χ0n) is 9.34. The van der Waals surface area contributed by atoms with Crippen molar-refractivity contribution in [2.24, 2.45) is 0 Å². The van der Waals surface area contributed by atoms with E-state index in [0.717, 1.165) is 6.42 Å². The average Bonchev–Trinajstić information content (AvgIpc) is 2.20. The van der Waals surface area contributed by atoms with Crippen LogP contribution in [0.3, 0.4) is 0 Å². The Kier molecular flexibility index (Phi) is 4.45. The molecule has 0 bridgehead atoms. The van der Waals surface area contributed by atoms with E-state index in [1.807, 2.05) is 0 Å². The van der Waals surface area contributed by atoms with Gasteiger partial charge >= 0.3 is 0 Å². The smallest absolute Gasteiger partial charge is 0.0230 e. The zero-order valence-corrected chi connectivity index (χ0v) is 9.34. The summed E-state index contributed by atoms with van der Waals surface area (Å²) in [4.78, 5) is 0. The first-order chi connectivity index (χ1) is 6.77. The molecule has 0 nitrogen and oxygen atoms in total. The average molecular weight is 188 g/mol. The van der Waals surface area contributed by atoms with E-state index >= 15 is 0 Å². The Morgan fingerprint density at radius 3 is 2.21 bits per heavy atom. The molecule has 0 aromatic heterocycles. The SMILES string of the molecule is C=C(CCC)c1ccc(CCC)cc1. The fraction of sp³-hybridized carbons (Fsp3) is 0.429. The Morgan fingerprint density at radius 2 is 1.71 bits per heavy atom. The van der Waals surface area contributed by atoms with E-state index < -0.39 is 0 Å². The van der Waals surface area contributed by atoms with Gasteiger partial charge in [-0.05, 0) is 29.5 Å². The molecule has 0 heterocycles. The van der Waals surface area contributed by atoms with Gasteiger partial charge < -0.3 is 0 Å². The molecule has 0 radical (unpaired) electrons. The highest BCUT2D eigenvalue weighted by atomic mass is 14.0. The van der Waals surface area contributed by atoms with Crippen molar-refractivity contribution in [1.29, 1.82) is 0 Å². The summed E-state index contributed by atoms with van der Waals surface area (Å²) >= 11 is 0. The minimum atomic E-state index is 1.10. The van der Waals surface area contributed by atoms with Crippen LogP contribution in [-0.2, 0) is 6.42 Å². The number of rotatable bonds is 5. The maximum absolute atomic E-state index is 4.09. The van der Waals surface area contributed by atoms with Crippen molar-refractivity contribution in [3.8, 4) is 0 Å². The molecule has 0 aliphatic carbocycles. The Bertz CT molecular complexity index is 279. The van der Waals surface area contributed by atoms with Crippen LogP contribution in [0.5, 0.6) is 0 Å². The van der Waals surface area contributed by atoms with E-state index in [1.54, 1.807) is 0 Å². The van der Waals surface area contributed by atoms with Crippen molar-refractivity contribution >= 4 is 5.57 Å². The van der Waals surface area contributed by atoms with Crippen LogP contribution < -0.4 is 0 Å². The van der Waals surface area contributed by atoms with Crippen LogP contribution in [0.1, 0.15) is 44.2 Å². The van der Waals surface area contributed by atoms with Gasteiger partial charge in [0.2, 0.25) is 0 Å². The molecule has 0 aliphatic heterocycles. The van der Waals surface area contributed by atoms with E-state index in [-0.39, 0.29) is 0 Å². The van der Waals surface area contributed by atoms with Crippen molar-refractivity contribution in [1.82, 2.24) is 0 Å². The molecule has 0 spiro atoms. The molecule has 0 atom stereocenters. The van der Waals surface area contributed by atoms with Gasteiger partial charge in [0, 0.05) is 0 Å². The molecule has 0 unspecified atom stereocenters. The first kappa shape index (κ1) is 11.0. The van der Waals surface area contributed by atoms with Gasteiger partial charge in [0.25, 0.3) is 0 Å². The molecule has 0 fully saturated rings. The molecule has 76 valence electrons. The number of hydrogen-bond acceptors (Lipinski definition) is 0. The Morgan fingerprint density at radius 1 is 1.07 bits per heavy atom. The number of benzene rings is 1. The minimum absolute atomic E-state index is 1.10. The molecule has 0 heteroatoms. The predicted octanol–water partition coefficient (Wildman–Crippen LogP) is 4.45. The molecular weight excluding hydrogens is 168 g/mol. The lowest BCUT2D eigenvalue weighted by Crippen LogP contribution is -1.86. The first-order valence-electron chi connectivity index (χ1n) is 5.55. The molecule has 0 amide bonds. The van der Waals surface area contributed by atoms with Crippen molar-refractivity contribution in [3.63, 3.8) is 0 Å². The maximum Gasteiger partial charge on any atom is -0.0230 e. The van der Waals surface area contributed by atoms with Gasteiger partial charge in [-0.3, -0.25) is 0 Å². The lowest BCUT2D eigenvalue weighted by atomic mass is 10.0. The second-order valence-corrected chi connectivity index (χ2v) is 3.80. The highest BCUT2D eigenvalue weighted by molar-refractivity contribution is 5.63. The summed E-state index contributed by atoms with van der Waals surface area (Å²) in [6, 6.07) is 8.84. The van der Waals surface area contributed by atoms with E-state index in [4.69, 9.17) is 0 Å². The Labute approximate surface area is 87.7 Å². The van der Waals surface area contributed by atoms with Crippen LogP contribution in [0.15, 0.2) is 30.8 Å². The van der Waals surface area contributed by atoms with Gasteiger partial charge in [0.1, 0.15) is 0 Å². The fourth-order valence-corrected chi connectivity index (χ4v) is 1.64. The standard InChI is InChI=1S/C14H20/c1-4-6-12(3)14-10-8-13(7-5-2)9-11-14/h8-11H,3-7H2,1-2H3. The predicted molar refractivity (Wildman–Crippen MR) is 64.4 cm³/mol. The van der Waals surface area contributed by atoms with Gasteiger partial charge in [-0.15, -0.1) is 0 Å². The molecule has 0 saturated carbocycles. The van der Waals surface area contributed by atoms with Crippen LogP contribution in [0.4, 0.5) is 0 Å². The van der Waals surface area contributed by atoms with Crippen molar-refractivity contribution in [2.75, 3.05) is 0 Å². The third-order valence-corrected chi connectivity index (χ3v) is 2.45. The van der Waals surface area contributed by atoms with E-state index in [1.165, 1.54) is 36.0 Å². The monoisotopic (exact) mass is 188 g/mol. The minimum Gasteiger partial charge on any atom is -0.0952 e.